The molecule has 136 valence electrons. The van der Waals surface area contributed by atoms with Crippen molar-refractivity contribution < 1.29 is 28.5 Å². The van der Waals surface area contributed by atoms with Gasteiger partial charge in [-0.1, -0.05) is 24.3 Å². The standard InChI is InChI=1S/C20H20O6/c1-23-16-7-5-4-6-15(16)13-20(22)26-17-10-8-14(12-18(17)24-2)9-11-19(21)25-3/h4-12H,13H2,1-3H3/b11-9+. The van der Waals surface area contributed by atoms with E-state index < -0.39 is 11.9 Å². The van der Waals surface area contributed by atoms with Gasteiger partial charge in [-0.3, -0.25) is 4.79 Å². The lowest BCUT2D eigenvalue weighted by atomic mass is 10.1. The monoisotopic (exact) mass is 356 g/mol. The highest BCUT2D eigenvalue weighted by molar-refractivity contribution is 5.87. The molecule has 2 aromatic carbocycles. The number of methoxy groups -OCH3 is 3. The summed E-state index contributed by atoms with van der Waals surface area (Å²) < 4.78 is 20.4. The highest BCUT2D eigenvalue weighted by Crippen LogP contribution is 2.29. The Balaban J connectivity index is 2.12. The second kappa shape index (κ2) is 9.27. The van der Waals surface area contributed by atoms with E-state index in [1.54, 1.807) is 43.5 Å². The molecule has 0 aromatic heterocycles. The van der Waals surface area contributed by atoms with E-state index in [1.807, 2.05) is 12.1 Å². The van der Waals surface area contributed by atoms with E-state index in [9.17, 15) is 9.59 Å². The fraction of sp³-hybridized carbons (Fsp3) is 0.200. The Hall–Kier alpha value is -3.28. The maximum Gasteiger partial charge on any atom is 0.330 e. The van der Waals surface area contributed by atoms with Crippen molar-refractivity contribution in [2.24, 2.45) is 0 Å². The van der Waals surface area contributed by atoms with Crippen molar-refractivity contribution in [3.05, 3.63) is 59.7 Å². The first kappa shape index (κ1) is 19.1. The Morgan fingerprint density at radius 3 is 2.35 bits per heavy atom. The minimum atomic E-state index is -0.462. The Morgan fingerprint density at radius 1 is 0.923 bits per heavy atom. The average Bonchev–Trinajstić information content (AvgIpc) is 2.67. The topological polar surface area (TPSA) is 71.1 Å². The lowest BCUT2D eigenvalue weighted by Crippen LogP contribution is -2.12. The van der Waals surface area contributed by atoms with Gasteiger partial charge in [0.1, 0.15) is 5.75 Å². The number of carbonyl (C=O) groups excluding carboxylic acids is 2. The van der Waals surface area contributed by atoms with E-state index >= 15 is 0 Å². The van der Waals surface area contributed by atoms with Crippen molar-refractivity contribution in [2.75, 3.05) is 21.3 Å². The van der Waals surface area contributed by atoms with E-state index in [-0.39, 0.29) is 6.42 Å². The normalized spacial score (nSPS) is 10.4. The smallest absolute Gasteiger partial charge is 0.330 e. The zero-order chi connectivity index (χ0) is 18.9. The van der Waals surface area contributed by atoms with Gasteiger partial charge in [0.25, 0.3) is 0 Å². The number of ether oxygens (including phenoxy) is 4. The molecule has 0 saturated carbocycles. The zero-order valence-electron chi connectivity index (χ0n) is 14.9. The van der Waals surface area contributed by atoms with Gasteiger partial charge < -0.3 is 18.9 Å². The highest BCUT2D eigenvalue weighted by atomic mass is 16.6. The summed E-state index contributed by atoms with van der Waals surface area (Å²) in [5, 5.41) is 0. The Bertz CT molecular complexity index is 810. The van der Waals surface area contributed by atoms with Gasteiger partial charge in [0.15, 0.2) is 11.5 Å². The number of esters is 2. The Morgan fingerprint density at radius 2 is 1.65 bits per heavy atom. The molecule has 0 spiro atoms. The van der Waals surface area contributed by atoms with E-state index in [4.69, 9.17) is 14.2 Å². The molecule has 6 nitrogen and oxygen atoms in total. The number of rotatable bonds is 7. The summed E-state index contributed by atoms with van der Waals surface area (Å²) in [6.45, 7) is 0. The van der Waals surface area contributed by atoms with Crippen molar-refractivity contribution in [1.82, 2.24) is 0 Å². The maximum atomic E-state index is 12.2. The Labute approximate surface area is 151 Å². The van der Waals surface area contributed by atoms with Crippen molar-refractivity contribution >= 4 is 18.0 Å². The third kappa shape index (κ3) is 5.11. The van der Waals surface area contributed by atoms with Crippen molar-refractivity contribution in [2.45, 2.75) is 6.42 Å². The molecule has 0 bridgehead atoms. The summed E-state index contributed by atoms with van der Waals surface area (Å²) in [6, 6.07) is 12.2. The van der Waals surface area contributed by atoms with E-state index in [1.165, 1.54) is 20.3 Å². The summed E-state index contributed by atoms with van der Waals surface area (Å²) in [5.74, 6) is 0.398. The lowest BCUT2D eigenvalue weighted by molar-refractivity contribution is -0.135. The minimum Gasteiger partial charge on any atom is -0.496 e. The van der Waals surface area contributed by atoms with E-state index in [0.717, 1.165) is 5.56 Å². The maximum absolute atomic E-state index is 12.2. The predicted octanol–water partition coefficient (Wildman–Crippen LogP) is 3.04. The van der Waals surface area contributed by atoms with Crippen LogP contribution in [0.4, 0.5) is 0 Å². The van der Waals surface area contributed by atoms with Gasteiger partial charge >= 0.3 is 11.9 Å². The van der Waals surface area contributed by atoms with Gasteiger partial charge in [-0.05, 0) is 29.8 Å². The summed E-state index contributed by atoms with van der Waals surface area (Å²) >= 11 is 0. The number of hydrogen-bond donors (Lipinski definition) is 0. The van der Waals surface area contributed by atoms with Crippen LogP contribution < -0.4 is 14.2 Å². The van der Waals surface area contributed by atoms with Gasteiger partial charge in [-0.25, -0.2) is 4.79 Å². The fourth-order valence-electron chi connectivity index (χ4n) is 2.27. The van der Waals surface area contributed by atoms with Crippen LogP contribution in [-0.2, 0) is 20.7 Å². The molecule has 2 aromatic rings. The van der Waals surface area contributed by atoms with Crippen LogP contribution in [0.3, 0.4) is 0 Å². The first-order valence-corrected chi connectivity index (χ1v) is 7.84. The minimum absolute atomic E-state index is 0.0666. The molecule has 0 aliphatic heterocycles. The fourth-order valence-corrected chi connectivity index (χ4v) is 2.27. The van der Waals surface area contributed by atoms with Crippen molar-refractivity contribution in [1.29, 1.82) is 0 Å². The van der Waals surface area contributed by atoms with Gasteiger partial charge in [0.2, 0.25) is 0 Å². The molecule has 2 rings (SSSR count). The molecule has 0 heterocycles. The largest absolute Gasteiger partial charge is 0.496 e. The van der Waals surface area contributed by atoms with Crippen LogP contribution in [-0.4, -0.2) is 33.3 Å². The summed E-state index contributed by atoms with van der Waals surface area (Å²) in [6.07, 6.45) is 2.94. The van der Waals surface area contributed by atoms with Crippen molar-refractivity contribution in [3.63, 3.8) is 0 Å². The van der Waals surface area contributed by atoms with E-state index in [0.29, 0.717) is 22.8 Å². The van der Waals surface area contributed by atoms with Gasteiger partial charge in [0, 0.05) is 11.6 Å². The third-order valence-corrected chi connectivity index (χ3v) is 3.55. The first-order chi connectivity index (χ1) is 12.6. The Kier molecular flexibility index (Phi) is 6.79. The van der Waals surface area contributed by atoms with Gasteiger partial charge in [-0.2, -0.15) is 0 Å². The van der Waals surface area contributed by atoms with Crippen molar-refractivity contribution in [3.8, 4) is 17.2 Å². The average molecular weight is 356 g/mol. The lowest BCUT2D eigenvalue weighted by Gasteiger charge is -2.11. The first-order valence-electron chi connectivity index (χ1n) is 7.84. The van der Waals surface area contributed by atoms with Crippen LogP contribution in [0.5, 0.6) is 17.2 Å². The molecule has 0 aliphatic rings. The molecule has 0 N–H and O–H groups in total. The second-order valence-corrected chi connectivity index (χ2v) is 5.23. The molecule has 26 heavy (non-hydrogen) atoms. The van der Waals surface area contributed by atoms with Crippen LogP contribution in [0.15, 0.2) is 48.5 Å². The molecule has 0 radical (unpaired) electrons. The molecule has 0 unspecified atom stereocenters. The van der Waals surface area contributed by atoms with E-state index in [2.05, 4.69) is 4.74 Å². The van der Waals surface area contributed by atoms with Gasteiger partial charge in [-0.15, -0.1) is 0 Å². The number of carbonyl (C=O) groups is 2. The van der Waals surface area contributed by atoms with Gasteiger partial charge in [0.05, 0.1) is 27.8 Å². The van der Waals surface area contributed by atoms with Crippen LogP contribution >= 0.6 is 0 Å². The zero-order valence-corrected chi connectivity index (χ0v) is 14.9. The van der Waals surface area contributed by atoms with Crippen LogP contribution in [0.2, 0.25) is 0 Å². The summed E-state index contributed by atoms with van der Waals surface area (Å²) in [4.78, 5) is 23.4. The molecule has 0 saturated heterocycles. The quantitative estimate of drug-likeness (QED) is 0.431. The van der Waals surface area contributed by atoms with Crippen LogP contribution in [0, 0.1) is 0 Å². The molecule has 0 fully saturated rings. The summed E-state index contributed by atoms with van der Waals surface area (Å²) in [5.41, 5.74) is 1.44. The number of hydrogen-bond acceptors (Lipinski definition) is 6. The third-order valence-electron chi connectivity index (χ3n) is 3.55. The molecular formula is C20H20O6. The molecule has 6 heteroatoms. The van der Waals surface area contributed by atoms with Crippen LogP contribution in [0.1, 0.15) is 11.1 Å². The molecule has 0 amide bonds. The molecule has 0 aliphatic carbocycles. The molecular weight excluding hydrogens is 336 g/mol. The van der Waals surface area contributed by atoms with Crippen LogP contribution in [0.25, 0.3) is 6.08 Å². The summed E-state index contributed by atoms with van der Waals surface area (Å²) in [7, 11) is 4.33. The number of para-hydroxylation sites is 1. The highest BCUT2D eigenvalue weighted by Gasteiger charge is 2.13. The predicted molar refractivity (Wildman–Crippen MR) is 96.4 cm³/mol. The molecule has 0 atom stereocenters. The second-order valence-electron chi connectivity index (χ2n) is 5.23. The number of benzene rings is 2. The SMILES string of the molecule is COC(=O)/C=C/c1ccc(OC(=O)Cc2ccccc2OC)c(OC)c1.